The van der Waals surface area contributed by atoms with Crippen molar-refractivity contribution in [3.8, 4) is 0 Å². The van der Waals surface area contributed by atoms with Crippen LogP contribution in [0.5, 0.6) is 0 Å². The summed E-state index contributed by atoms with van der Waals surface area (Å²) >= 11 is 7.96. The fourth-order valence-corrected chi connectivity index (χ4v) is 1.82. The van der Waals surface area contributed by atoms with Crippen molar-refractivity contribution < 1.29 is 9.34 Å². The van der Waals surface area contributed by atoms with Gasteiger partial charge in [-0.25, -0.2) is 0 Å². The van der Waals surface area contributed by atoms with E-state index in [0.717, 1.165) is 0 Å². The maximum atomic E-state index is 10.5. The Kier molecular flexibility index (Phi) is 2.12. The number of nitrogens with zero attached hydrogens (tertiary/aromatic N) is 1. The van der Waals surface area contributed by atoms with Crippen molar-refractivity contribution in [1.82, 2.24) is 4.98 Å². The van der Waals surface area contributed by atoms with Gasteiger partial charge in [0.15, 0.2) is 5.58 Å². The van der Waals surface area contributed by atoms with E-state index >= 15 is 0 Å². The molecule has 0 aliphatic carbocycles. The van der Waals surface area contributed by atoms with Crippen molar-refractivity contribution in [1.29, 1.82) is 0 Å². The highest BCUT2D eigenvalue weighted by Gasteiger charge is 2.12. The highest BCUT2D eigenvalue weighted by Crippen LogP contribution is 2.28. The van der Waals surface area contributed by atoms with Crippen LogP contribution in [0, 0.1) is 15.0 Å². The lowest BCUT2D eigenvalue weighted by molar-refractivity contribution is -0.384. The first-order chi connectivity index (χ1) is 6.58. The van der Waals surface area contributed by atoms with Gasteiger partial charge in [0.25, 0.3) is 10.5 Å². The van der Waals surface area contributed by atoms with Crippen LogP contribution in [-0.2, 0) is 0 Å². The van der Waals surface area contributed by atoms with E-state index in [4.69, 9.17) is 16.6 Å². The number of rotatable bonds is 1. The van der Waals surface area contributed by atoms with Gasteiger partial charge in [-0.3, -0.25) is 10.1 Å². The Morgan fingerprint density at radius 1 is 1.57 bits per heavy atom. The van der Waals surface area contributed by atoms with E-state index in [9.17, 15) is 10.1 Å². The van der Waals surface area contributed by atoms with Crippen molar-refractivity contribution in [3.63, 3.8) is 0 Å². The highest BCUT2D eigenvalue weighted by molar-refractivity contribution is 9.10. The van der Waals surface area contributed by atoms with E-state index < -0.39 is 4.92 Å². The SMILES string of the molecule is O=[N+]([O-])c1cc(Br)c2[nH]c(=S)oc2c1. The molecule has 1 aromatic carbocycles. The van der Waals surface area contributed by atoms with Crippen LogP contribution < -0.4 is 0 Å². The molecule has 0 bridgehead atoms. The summed E-state index contributed by atoms with van der Waals surface area (Å²) < 4.78 is 5.62. The fourth-order valence-electron chi connectivity index (χ4n) is 1.10. The van der Waals surface area contributed by atoms with Crippen LogP contribution in [0.2, 0.25) is 0 Å². The molecule has 0 aliphatic heterocycles. The largest absolute Gasteiger partial charge is 0.429 e. The number of halogens is 1. The fraction of sp³-hybridized carbons (Fsp3) is 0. The number of nitro benzene ring substituents is 1. The first-order valence-corrected chi connectivity index (χ1v) is 4.75. The van der Waals surface area contributed by atoms with Gasteiger partial charge in [-0.15, -0.1) is 0 Å². The molecule has 1 N–H and O–H groups in total. The van der Waals surface area contributed by atoms with Gasteiger partial charge in [-0.05, 0) is 28.1 Å². The molecule has 0 spiro atoms. The molecule has 2 rings (SSSR count). The summed E-state index contributed by atoms with van der Waals surface area (Å²) in [5.74, 6) is 0. The molecule has 0 radical (unpaired) electrons. The van der Waals surface area contributed by atoms with Gasteiger partial charge in [0.1, 0.15) is 0 Å². The number of H-pyrrole nitrogens is 1. The maximum absolute atomic E-state index is 10.5. The second-order valence-electron chi connectivity index (χ2n) is 2.57. The first-order valence-electron chi connectivity index (χ1n) is 3.54. The molecule has 0 atom stereocenters. The Morgan fingerprint density at radius 2 is 2.29 bits per heavy atom. The zero-order chi connectivity index (χ0) is 10.3. The minimum atomic E-state index is -0.490. The van der Waals surface area contributed by atoms with Crippen molar-refractivity contribution in [3.05, 3.63) is 31.6 Å². The molecule has 14 heavy (non-hydrogen) atoms. The standard InChI is InChI=1S/C7H3BrN2O3S/c8-4-1-3(10(11)12)2-5-6(4)9-7(14)13-5/h1-2H,(H,9,14). The molecule has 7 heteroatoms. The zero-order valence-corrected chi connectivity index (χ0v) is 9.02. The molecule has 5 nitrogen and oxygen atoms in total. The summed E-state index contributed by atoms with van der Waals surface area (Å²) in [6, 6.07) is 2.72. The molecular formula is C7H3BrN2O3S. The van der Waals surface area contributed by atoms with Crippen molar-refractivity contribution in [2.75, 3.05) is 0 Å². The number of oxazole rings is 1. The Hall–Kier alpha value is -1.21. The molecule has 72 valence electrons. The molecule has 1 aromatic heterocycles. The lowest BCUT2D eigenvalue weighted by atomic mass is 10.3. The number of aromatic nitrogens is 1. The number of nitrogens with one attached hydrogen (secondary N) is 1. The van der Waals surface area contributed by atoms with Crippen molar-refractivity contribution >= 4 is 44.9 Å². The number of non-ortho nitro benzene ring substituents is 1. The number of nitro groups is 1. The van der Waals surface area contributed by atoms with Gasteiger partial charge >= 0.3 is 0 Å². The summed E-state index contributed by atoms with van der Waals surface area (Å²) in [4.78, 5) is 13.0. The third kappa shape index (κ3) is 1.44. The molecule has 0 amide bonds. The highest BCUT2D eigenvalue weighted by atomic mass is 79.9. The normalized spacial score (nSPS) is 10.6. The summed E-state index contributed by atoms with van der Waals surface area (Å²) in [7, 11) is 0. The van der Waals surface area contributed by atoms with E-state index in [2.05, 4.69) is 20.9 Å². The number of hydrogen-bond acceptors (Lipinski definition) is 4. The minimum absolute atomic E-state index is 0.0397. The Bertz CT molecular complexity index is 574. The molecule has 0 saturated heterocycles. The third-order valence-corrected chi connectivity index (χ3v) is 2.49. The molecule has 0 saturated carbocycles. The maximum Gasteiger partial charge on any atom is 0.274 e. The van der Waals surface area contributed by atoms with Gasteiger partial charge in [0.05, 0.1) is 21.0 Å². The van der Waals surface area contributed by atoms with E-state index in [1.54, 1.807) is 0 Å². The average molecular weight is 275 g/mol. The quantitative estimate of drug-likeness (QED) is 0.493. The third-order valence-electron chi connectivity index (χ3n) is 1.68. The number of benzene rings is 1. The molecule has 2 aromatic rings. The zero-order valence-electron chi connectivity index (χ0n) is 6.61. The summed E-state index contributed by atoms with van der Waals surface area (Å²) in [5, 5.41) is 10.5. The monoisotopic (exact) mass is 274 g/mol. The molecule has 0 aliphatic rings. The van der Waals surface area contributed by atoms with Crippen LogP contribution in [0.4, 0.5) is 5.69 Å². The second kappa shape index (κ2) is 3.18. The second-order valence-corrected chi connectivity index (χ2v) is 3.80. The average Bonchev–Trinajstić information content (AvgIpc) is 2.45. The number of hydrogen-bond donors (Lipinski definition) is 1. The summed E-state index contributed by atoms with van der Waals surface area (Å²) in [6.45, 7) is 0. The smallest absolute Gasteiger partial charge is 0.274 e. The Balaban J connectivity index is 2.84. The van der Waals surface area contributed by atoms with Crippen molar-refractivity contribution in [2.24, 2.45) is 0 Å². The van der Waals surface area contributed by atoms with Crippen LogP contribution in [0.15, 0.2) is 21.0 Å². The van der Waals surface area contributed by atoms with Gasteiger partial charge in [-0.2, -0.15) is 0 Å². The lowest BCUT2D eigenvalue weighted by Crippen LogP contribution is -1.87. The number of fused-ring (bicyclic) bond motifs is 1. The van der Waals surface area contributed by atoms with Gasteiger partial charge < -0.3 is 9.40 Å². The summed E-state index contributed by atoms with van der Waals surface area (Å²) in [5.41, 5.74) is 0.957. The molecule has 0 fully saturated rings. The van der Waals surface area contributed by atoms with Crippen LogP contribution in [0.25, 0.3) is 11.1 Å². The lowest BCUT2D eigenvalue weighted by Gasteiger charge is -1.93. The van der Waals surface area contributed by atoms with E-state index in [0.29, 0.717) is 15.6 Å². The predicted octanol–water partition coefficient (Wildman–Crippen LogP) is 3.16. The van der Waals surface area contributed by atoms with Crippen LogP contribution >= 0.6 is 28.1 Å². The topological polar surface area (TPSA) is 72.1 Å². The Morgan fingerprint density at radius 3 is 2.93 bits per heavy atom. The van der Waals surface area contributed by atoms with Crippen molar-refractivity contribution in [2.45, 2.75) is 0 Å². The first kappa shape index (κ1) is 9.35. The summed E-state index contributed by atoms with van der Waals surface area (Å²) in [6.07, 6.45) is 0. The van der Waals surface area contributed by atoms with Crippen LogP contribution in [0.3, 0.4) is 0 Å². The molecule has 0 unspecified atom stereocenters. The molecule has 1 heterocycles. The predicted molar refractivity (Wildman–Crippen MR) is 55.8 cm³/mol. The van der Waals surface area contributed by atoms with E-state index in [-0.39, 0.29) is 10.5 Å². The van der Waals surface area contributed by atoms with E-state index in [1.165, 1.54) is 12.1 Å². The van der Waals surface area contributed by atoms with Crippen LogP contribution in [0.1, 0.15) is 0 Å². The van der Waals surface area contributed by atoms with Gasteiger partial charge in [0.2, 0.25) is 0 Å². The van der Waals surface area contributed by atoms with Gasteiger partial charge in [0, 0.05) is 6.07 Å². The minimum Gasteiger partial charge on any atom is -0.429 e. The van der Waals surface area contributed by atoms with Gasteiger partial charge in [-0.1, -0.05) is 0 Å². The van der Waals surface area contributed by atoms with Crippen LogP contribution in [-0.4, -0.2) is 9.91 Å². The number of aromatic amines is 1. The Labute approximate surface area is 91.0 Å². The molecular weight excluding hydrogens is 272 g/mol. The van der Waals surface area contributed by atoms with E-state index in [1.807, 2.05) is 0 Å².